The summed E-state index contributed by atoms with van der Waals surface area (Å²) in [6.45, 7) is -2.30. The predicted molar refractivity (Wildman–Crippen MR) is 254 cm³/mol. The van der Waals surface area contributed by atoms with Crippen LogP contribution >= 0.6 is 0 Å². The fourth-order valence-electron chi connectivity index (χ4n) is 8.38. The predicted octanol–water partition coefficient (Wildman–Crippen LogP) is -1.10. The minimum Gasteiger partial charge on any atom is -0.571 e. The van der Waals surface area contributed by atoms with E-state index in [1.54, 1.807) is 0 Å². The quantitative estimate of drug-likeness (QED) is 0.0274. The van der Waals surface area contributed by atoms with Crippen molar-refractivity contribution < 1.29 is 124 Å². The van der Waals surface area contributed by atoms with Gasteiger partial charge in [0, 0.05) is 24.3 Å². The minimum absolute atomic E-state index is 0.0103. The number of carbonyl (C=O) groups excluding carboxylic acids is 2. The number of hydrogen-bond donors (Lipinski definition) is 14. The van der Waals surface area contributed by atoms with Gasteiger partial charge in [-0.15, -0.1) is 0 Å². The Labute approximate surface area is 430 Å². The van der Waals surface area contributed by atoms with Crippen LogP contribution in [0, 0.1) is 0 Å². The Morgan fingerprint density at radius 3 is 1.70 bits per heavy atom. The largest absolute Gasteiger partial charge is 0.571 e. The third-order valence-electron chi connectivity index (χ3n) is 12.6. The van der Waals surface area contributed by atoms with Gasteiger partial charge in [-0.05, 0) is 71.8 Å². The molecule has 0 bridgehead atoms. The first-order valence-corrected chi connectivity index (χ1v) is 23.4. The maximum Gasteiger partial charge on any atom is 0.330 e. The van der Waals surface area contributed by atoms with E-state index < -0.39 is 147 Å². The second-order valence-corrected chi connectivity index (χ2v) is 17.9. The van der Waals surface area contributed by atoms with Crippen molar-refractivity contribution in [3.63, 3.8) is 0 Å². The van der Waals surface area contributed by atoms with Crippen LogP contribution in [0.3, 0.4) is 0 Å². The van der Waals surface area contributed by atoms with Crippen LogP contribution in [0.5, 0.6) is 40.2 Å². The maximum atomic E-state index is 12.9. The summed E-state index contributed by atoms with van der Waals surface area (Å²) in [6, 6.07) is 17.4. The van der Waals surface area contributed by atoms with Gasteiger partial charge in [0.1, 0.15) is 109 Å². The lowest BCUT2D eigenvalue weighted by Crippen LogP contribution is -2.64. The highest BCUT2D eigenvalue weighted by Gasteiger charge is 2.53. The van der Waals surface area contributed by atoms with Gasteiger partial charge in [-0.25, -0.2) is 9.59 Å². The van der Waals surface area contributed by atoms with Crippen LogP contribution in [0.25, 0.3) is 18.2 Å². The number of rotatable bonds is 16. The van der Waals surface area contributed by atoms with Crippen molar-refractivity contribution in [1.82, 2.24) is 0 Å². The molecule has 3 saturated heterocycles. The molecule has 16 atom stereocenters. The molecular weight excluding hydrogens is 1010 g/mol. The number of benzene rings is 4. The molecule has 0 aliphatic carbocycles. The standard InChI is InChI=1S/C51H54O25/c52-19-34-39(60)42(63)45(66)49(73-34)71-32-17-27(55)16-31-28(32)18-33(47(70-31)24-6-10-26(54)11-7-24)72-51-48(44(65)41(62)36(75-51)21-69-37(58)13-4-22-1-8-25(53)9-2-22)76-50-46(67)43(64)40(61)35(74-50)20-68-38(59)14-5-23-3-12-29(56)30(57)15-23/h1-18,34-36,39-57,60-67H,19-21H2/p+1. The van der Waals surface area contributed by atoms with Crippen LogP contribution in [0.4, 0.5) is 0 Å². The number of ether oxygens (including phenoxy) is 9. The van der Waals surface area contributed by atoms with Crippen molar-refractivity contribution in [2.24, 2.45) is 0 Å². The summed E-state index contributed by atoms with van der Waals surface area (Å²) in [5, 5.41) is 148. The highest BCUT2D eigenvalue weighted by atomic mass is 16.8. The fraction of sp³-hybridized carbons (Fsp3) is 0.373. The van der Waals surface area contributed by atoms with Gasteiger partial charge in [-0.3, -0.25) is 0 Å². The summed E-state index contributed by atoms with van der Waals surface area (Å²) in [7, 11) is 0. The molecule has 8 rings (SSSR count). The molecule has 4 aromatic carbocycles. The first kappa shape index (κ1) is 55.2. The van der Waals surface area contributed by atoms with Crippen molar-refractivity contribution in [3.05, 3.63) is 119 Å². The Morgan fingerprint density at radius 1 is 0.539 bits per heavy atom. The van der Waals surface area contributed by atoms with E-state index in [-0.39, 0.29) is 34.3 Å². The SMILES string of the molecule is O=C(C=Cc1ccc(O)c(O)c1)OCC1OC(OC2C(OC3=Cc4c(OC5OC(CO)C(O)C(O)C5O)cc(O)cc4[OH+]C3c3ccc(O)cc3)OC(COC(=O)C=Cc3ccc(O)cc3)C(O)C2O)C(O)C(O)C1O. The zero-order chi connectivity index (χ0) is 54.5. The van der Waals surface area contributed by atoms with Gasteiger partial charge >= 0.3 is 11.9 Å². The molecule has 4 aliphatic rings. The second kappa shape index (κ2) is 23.9. The van der Waals surface area contributed by atoms with E-state index in [0.717, 1.165) is 24.3 Å². The third-order valence-corrected chi connectivity index (χ3v) is 12.6. The van der Waals surface area contributed by atoms with Crippen LogP contribution in [-0.2, 0) is 42.7 Å². The van der Waals surface area contributed by atoms with Gasteiger partial charge in [0.15, 0.2) is 29.7 Å². The van der Waals surface area contributed by atoms with Crippen molar-refractivity contribution in [1.29, 1.82) is 0 Å². The van der Waals surface area contributed by atoms with Gasteiger partial charge in [0.05, 0.1) is 18.2 Å². The highest BCUT2D eigenvalue weighted by molar-refractivity contribution is 5.87. The smallest absolute Gasteiger partial charge is 0.330 e. The number of esters is 2. The van der Waals surface area contributed by atoms with Crippen molar-refractivity contribution >= 4 is 30.2 Å². The lowest BCUT2D eigenvalue weighted by Gasteiger charge is -2.46. The lowest BCUT2D eigenvalue weighted by atomic mass is 9.97. The van der Waals surface area contributed by atoms with Crippen LogP contribution in [0.2, 0.25) is 0 Å². The van der Waals surface area contributed by atoms with E-state index in [4.69, 9.17) is 42.6 Å². The topological polar surface area (TPSA) is 404 Å². The molecule has 0 aromatic heterocycles. The molecular formula is C51H55O25+. The van der Waals surface area contributed by atoms with Crippen LogP contribution < -0.4 is 4.74 Å². The van der Waals surface area contributed by atoms with Gasteiger partial charge in [-0.2, -0.15) is 0 Å². The normalized spacial score (nSPS) is 31.5. The van der Waals surface area contributed by atoms with E-state index >= 15 is 0 Å². The molecule has 0 amide bonds. The van der Waals surface area contributed by atoms with Crippen molar-refractivity contribution in [2.45, 2.75) is 98.2 Å². The lowest BCUT2D eigenvalue weighted by molar-refractivity contribution is -0.364. The van der Waals surface area contributed by atoms with Crippen LogP contribution in [0.1, 0.15) is 28.4 Å². The van der Waals surface area contributed by atoms with E-state index in [0.29, 0.717) is 16.7 Å². The fourth-order valence-corrected chi connectivity index (χ4v) is 8.38. The molecule has 0 saturated carbocycles. The molecule has 25 nitrogen and oxygen atoms in total. The maximum absolute atomic E-state index is 12.9. The van der Waals surface area contributed by atoms with Crippen LogP contribution in [-0.4, -0.2) is 200 Å². The monoisotopic (exact) mass is 1070 g/mol. The van der Waals surface area contributed by atoms with Gasteiger partial charge < -0.3 is 114 Å². The average Bonchev–Trinajstić information content (AvgIpc) is 3.41. The number of aliphatic hydroxyl groups excluding tert-OH is 9. The Morgan fingerprint density at radius 2 is 1.08 bits per heavy atom. The molecule has 25 heteroatoms. The Hall–Kier alpha value is -7.08. The van der Waals surface area contributed by atoms with Gasteiger partial charge in [0.2, 0.25) is 12.6 Å². The summed E-state index contributed by atoms with van der Waals surface area (Å²) in [4.78, 5) is 25.6. The molecule has 3 fully saturated rings. The number of phenols is 5. The summed E-state index contributed by atoms with van der Waals surface area (Å²) < 4.78 is 51.4. The number of carbonyl (C=O) groups is 2. The zero-order valence-corrected chi connectivity index (χ0v) is 39.5. The second-order valence-electron chi connectivity index (χ2n) is 17.9. The van der Waals surface area contributed by atoms with Crippen molar-refractivity contribution in [2.75, 3.05) is 19.8 Å². The molecule has 16 unspecified atom stereocenters. The molecule has 4 heterocycles. The Balaban J connectivity index is 1.10. The van der Waals surface area contributed by atoms with Gasteiger partial charge in [0.25, 0.3) is 11.9 Å². The summed E-state index contributed by atoms with van der Waals surface area (Å²) >= 11 is 0. The minimum atomic E-state index is -2.11. The Bertz CT molecular complexity index is 2750. The molecule has 76 heavy (non-hydrogen) atoms. The third kappa shape index (κ3) is 12.6. The van der Waals surface area contributed by atoms with Gasteiger partial charge in [-0.1, -0.05) is 18.2 Å². The molecule has 408 valence electrons. The summed E-state index contributed by atoms with van der Waals surface area (Å²) in [5.41, 5.74) is 1.14. The molecule has 4 aliphatic heterocycles. The molecule has 0 spiro atoms. The molecule has 4 aromatic rings. The van der Waals surface area contributed by atoms with E-state index in [1.807, 2.05) is 0 Å². The number of phenolic OH excluding ortho intramolecular Hbond substituents is 5. The highest BCUT2D eigenvalue weighted by Crippen LogP contribution is 2.47. The van der Waals surface area contributed by atoms with E-state index in [9.17, 15) is 81.1 Å². The Kier molecular flexibility index (Phi) is 17.3. The first-order valence-electron chi connectivity index (χ1n) is 23.4. The van der Waals surface area contributed by atoms with Crippen molar-refractivity contribution in [3.8, 4) is 40.2 Å². The van der Waals surface area contributed by atoms with E-state index in [1.165, 1.54) is 85.0 Å². The summed E-state index contributed by atoms with van der Waals surface area (Å²) in [6.07, 6.45) is -23.3. The number of hydrogen-bond acceptors (Lipinski definition) is 24. The molecule has 15 N–H and O–H groups in total. The molecule has 0 radical (unpaired) electrons. The number of fused-ring (bicyclic) bond motifs is 1. The zero-order valence-electron chi connectivity index (χ0n) is 39.5. The van der Waals surface area contributed by atoms with Crippen LogP contribution in [0.15, 0.2) is 96.8 Å². The van der Waals surface area contributed by atoms with E-state index in [2.05, 4.69) is 0 Å². The first-order chi connectivity index (χ1) is 36.3. The number of aromatic hydroxyl groups is 6. The average molecular weight is 1070 g/mol. The number of aliphatic hydroxyl groups is 10. The summed E-state index contributed by atoms with van der Waals surface area (Å²) in [5.74, 6) is -3.81.